The van der Waals surface area contributed by atoms with Gasteiger partial charge in [0.25, 0.3) is 5.91 Å². The van der Waals surface area contributed by atoms with Crippen molar-refractivity contribution in [1.82, 2.24) is 4.90 Å². The summed E-state index contributed by atoms with van der Waals surface area (Å²) in [6.07, 6.45) is 1.98. The summed E-state index contributed by atoms with van der Waals surface area (Å²) in [5, 5.41) is 2.78. The van der Waals surface area contributed by atoms with E-state index in [-0.39, 0.29) is 11.8 Å². The number of ether oxygens (including phenoxy) is 1. The Hall–Kier alpha value is -2.82. The van der Waals surface area contributed by atoms with Gasteiger partial charge in [-0.2, -0.15) is 0 Å². The van der Waals surface area contributed by atoms with Crippen LogP contribution in [-0.4, -0.2) is 36.9 Å². The summed E-state index contributed by atoms with van der Waals surface area (Å²) in [4.78, 5) is 26.0. The van der Waals surface area contributed by atoms with Gasteiger partial charge in [0, 0.05) is 31.3 Å². The fourth-order valence-corrected chi connectivity index (χ4v) is 3.59. The third-order valence-electron chi connectivity index (χ3n) is 5.04. The van der Waals surface area contributed by atoms with Crippen molar-refractivity contribution in [2.75, 3.05) is 25.5 Å². The van der Waals surface area contributed by atoms with Crippen LogP contribution < -0.4 is 10.1 Å². The number of nitrogens with one attached hydrogen (secondary N) is 1. The van der Waals surface area contributed by atoms with E-state index in [1.807, 2.05) is 30.0 Å². The lowest BCUT2D eigenvalue weighted by molar-refractivity contribution is -0.114. The molecule has 1 N–H and O–H groups in total. The Morgan fingerprint density at radius 3 is 2.56 bits per heavy atom. The summed E-state index contributed by atoms with van der Waals surface area (Å²) < 4.78 is 5.20. The van der Waals surface area contributed by atoms with Crippen molar-refractivity contribution in [2.24, 2.45) is 5.92 Å². The maximum Gasteiger partial charge on any atom is 0.253 e. The summed E-state index contributed by atoms with van der Waals surface area (Å²) >= 11 is 0. The van der Waals surface area contributed by atoms with E-state index in [9.17, 15) is 9.59 Å². The monoisotopic (exact) mass is 366 g/mol. The van der Waals surface area contributed by atoms with Crippen LogP contribution in [0, 0.1) is 12.8 Å². The molecule has 1 fully saturated rings. The topological polar surface area (TPSA) is 58.6 Å². The fraction of sp³-hybridized carbons (Fsp3) is 0.364. The lowest BCUT2D eigenvalue weighted by Gasteiger charge is -2.18. The van der Waals surface area contributed by atoms with Crippen LogP contribution in [0.15, 0.2) is 42.5 Å². The number of nitrogens with zero attached hydrogens (tertiary/aromatic N) is 1. The van der Waals surface area contributed by atoms with E-state index >= 15 is 0 Å². The first-order valence-electron chi connectivity index (χ1n) is 9.26. The Labute approximate surface area is 160 Å². The molecule has 2 amide bonds. The fourth-order valence-electron chi connectivity index (χ4n) is 3.59. The van der Waals surface area contributed by atoms with Crippen molar-refractivity contribution in [3.8, 4) is 5.75 Å². The molecule has 0 radical (unpaired) electrons. The number of methoxy groups -OCH3 is 1. The first-order valence-corrected chi connectivity index (χ1v) is 9.26. The molecule has 2 aromatic rings. The Morgan fingerprint density at radius 1 is 1.19 bits per heavy atom. The lowest BCUT2D eigenvalue weighted by Crippen LogP contribution is -2.29. The highest BCUT2D eigenvalue weighted by atomic mass is 16.5. The molecule has 27 heavy (non-hydrogen) atoms. The van der Waals surface area contributed by atoms with Crippen LogP contribution in [0.2, 0.25) is 0 Å². The van der Waals surface area contributed by atoms with Gasteiger partial charge in [0.05, 0.1) is 7.11 Å². The van der Waals surface area contributed by atoms with Crippen molar-refractivity contribution in [3.05, 3.63) is 59.2 Å². The molecule has 0 spiro atoms. The van der Waals surface area contributed by atoms with E-state index in [0.717, 1.165) is 42.9 Å². The molecule has 0 saturated carbocycles. The second kappa shape index (κ2) is 8.25. The zero-order chi connectivity index (χ0) is 19.4. The normalized spacial score (nSPS) is 16.3. The molecule has 5 nitrogen and oxygen atoms in total. The van der Waals surface area contributed by atoms with Gasteiger partial charge in [-0.05, 0) is 67.1 Å². The van der Waals surface area contributed by atoms with E-state index in [2.05, 4.69) is 17.4 Å². The summed E-state index contributed by atoms with van der Waals surface area (Å²) in [6.45, 7) is 4.94. The van der Waals surface area contributed by atoms with Gasteiger partial charge >= 0.3 is 0 Å². The van der Waals surface area contributed by atoms with Gasteiger partial charge in [0.2, 0.25) is 5.91 Å². The molecule has 1 unspecified atom stereocenters. The molecule has 1 saturated heterocycles. The van der Waals surface area contributed by atoms with Crippen LogP contribution in [-0.2, 0) is 11.2 Å². The predicted molar refractivity (Wildman–Crippen MR) is 106 cm³/mol. The minimum Gasteiger partial charge on any atom is -0.497 e. The zero-order valence-corrected chi connectivity index (χ0v) is 16.1. The smallest absolute Gasteiger partial charge is 0.253 e. The molecule has 1 atom stereocenters. The average molecular weight is 366 g/mol. The molecule has 0 aliphatic carbocycles. The SMILES string of the molecule is COc1ccc(CC2CCN(C(=O)c3ccc(NC(C)=O)c(C)c3)C2)cc1. The third kappa shape index (κ3) is 4.67. The number of hydrogen-bond donors (Lipinski definition) is 1. The number of carbonyl (C=O) groups is 2. The van der Waals surface area contributed by atoms with E-state index in [0.29, 0.717) is 11.5 Å². The number of anilines is 1. The van der Waals surface area contributed by atoms with Crippen molar-refractivity contribution in [3.63, 3.8) is 0 Å². The van der Waals surface area contributed by atoms with Gasteiger partial charge in [-0.15, -0.1) is 0 Å². The predicted octanol–water partition coefficient (Wildman–Crippen LogP) is 3.67. The highest BCUT2D eigenvalue weighted by Crippen LogP contribution is 2.25. The molecule has 0 bridgehead atoms. The molecule has 1 aliphatic heterocycles. The molecule has 1 heterocycles. The largest absolute Gasteiger partial charge is 0.497 e. The Kier molecular flexibility index (Phi) is 5.79. The molecule has 5 heteroatoms. The van der Waals surface area contributed by atoms with E-state index in [1.54, 1.807) is 19.2 Å². The number of aryl methyl sites for hydroxylation is 1. The standard InChI is InChI=1S/C22H26N2O3/c1-15-12-19(6-9-21(15)23-16(2)25)22(26)24-11-10-18(14-24)13-17-4-7-20(27-3)8-5-17/h4-9,12,18H,10-11,13-14H2,1-3H3,(H,23,25). The molecule has 142 valence electrons. The van der Waals surface area contributed by atoms with Crippen LogP contribution in [0.25, 0.3) is 0 Å². The van der Waals surface area contributed by atoms with Crippen molar-refractivity contribution in [2.45, 2.75) is 26.7 Å². The second-order valence-electron chi connectivity index (χ2n) is 7.17. The van der Waals surface area contributed by atoms with E-state index in [4.69, 9.17) is 4.74 Å². The highest BCUT2D eigenvalue weighted by Gasteiger charge is 2.27. The molecule has 3 rings (SSSR count). The summed E-state index contributed by atoms with van der Waals surface area (Å²) in [5.74, 6) is 1.28. The maximum absolute atomic E-state index is 12.8. The Bertz CT molecular complexity index is 830. The number of amides is 2. The number of rotatable bonds is 5. The first-order chi connectivity index (χ1) is 13.0. The van der Waals surface area contributed by atoms with Crippen LogP contribution >= 0.6 is 0 Å². The highest BCUT2D eigenvalue weighted by molar-refractivity contribution is 5.96. The third-order valence-corrected chi connectivity index (χ3v) is 5.04. The summed E-state index contributed by atoms with van der Waals surface area (Å²) in [5.41, 5.74) is 3.58. The van der Waals surface area contributed by atoms with E-state index < -0.39 is 0 Å². The van der Waals surface area contributed by atoms with Gasteiger partial charge in [0.1, 0.15) is 5.75 Å². The Balaban J connectivity index is 1.61. The minimum atomic E-state index is -0.113. The second-order valence-corrected chi connectivity index (χ2v) is 7.17. The van der Waals surface area contributed by atoms with Crippen molar-refractivity contribution in [1.29, 1.82) is 0 Å². The van der Waals surface area contributed by atoms with Crippen LogP contribution in [0.4, 0.5) is 5.69 Å². The number of carbonyl (C=O) groups excluding carboxylic acids is 2. The van der Waals surface area contributed by atoms with Crippen molar-refractivity contribution >= 4 is 17.5 Å². The van der Waals surface area contributed by atoms with Gasteiger partial charge in [-0.3, -0.25) is 9.59 Å². The zero-order valence-electron chi connectivity index (χ0n) is 16.1. The molecule has 1 aliphatic rings. The first kappa shape index (κ1) is 19.0. The minimum absolute atomic E-state index is 0.0599. The molecular weight excluding hydrogens is 340 g/mol. The van der Waals surface area contributed by atoms with Crippen molar-refractivity contribution < 1.29 is 14.3 Å². The molecule has 2 aromatic carbocycles. The summed E-state index contributed by atoms with van der Waals surface area (Å²) in [6, 6.07) is 13.6. The number of benzene rings is 2. The van der Waals surface area contributed by atoms with Gasteiger partial charge < -0.3 is 15.0 Å². The molecule has 0 aromatic heterocycles. The van der Waals surface area contributed by atoms with E-state index in [1.165, 1.54) is 12.5 Å². The number of hydrogen-bond acceptors (Lipinski definition) is 3. The maximum atomic E-state index is 12.8. The quantitative estimate of drug-likeness (QED) is 0.878. The number of likely N-dealkylation sites (tertiary alicyclic amines) is 1. The van der Waals surface area contributed by atoms with Gasteiger partial charge in [-0.1, -0.05) is 12.1 Å². The summed E-state index contributed by atoms with van der Waals surface area (Å²) in [7, 11) is 1.67. The average Bonchev–Trinajstić information content (AvgIpc) is 3.11. The molecular formula is C22H26N2O3. The Morgan fingerprint density at radius 2 is 1.93 bits per heavy atom. The van der Waals surface area contributed by atoms with Gasteiger partial charge in [-0.25, -0.2) is 0 Å². The van der Waals surface area contributed by atoms with Crippen LogP contribution in [0.3, 0.4) is 0 Å². The van der Waals surface area contributed by atoms with Crippen LogP contribution in [0.1, 0.15) is 34.8 Å². The van der Waals surface area contributed by atoms with Gasteiger partial charge in [0.15, 0.2) is 0 Å². The lowest BCUT2D eigenvalue weighted by atomic mass is 9.99. The van der Waals surface area contributed by atoms with Crippen LogP contribution in [0.5, 0.6) is 5.75 Å².